The molecule has 3 heterocycles. The van der Waals surface area contributed by atoms with Crippen molar-refractivity contribution in [2.75, 3.05) is 0 Å². The highest BCUT2D eigenvalue weighted by Crippen LogP contribution is 2.26. The summed E-state index contributed by atoms with van der Waals surface area (Å²) >= 11 is 1.51. The normalized spacial score (nSPS) is 14.0. The molecule has 0 radical (unpaired) electrons. The lowest BCUT2D eigenvalue weighted by Gasteiger charge is -2.14. The Morgan fingerprint density at radius 2 is 2.00 bits per heavy atom. The zero-order valence-corrected chi connectivity index (χ0v) is 14.7. The van der Waals surface area contributed by atoms with Gasteiger partial charge in [0.2, 0.25) is 0 Å². The smallest absolute Gasteiger partial charge is 0.169 e. The number of benzene rings is 1. The molecule has 0 saturated heterocycles. The maximum Gasteiger partial charge on any atom is 0.169 e. The van der Waals surface area contributed by atoms with Crippen LogP contribution in [0.1, 0.15) is 39.0 Å². The third-order valence-electron chi connectivity index (χ3n) is 4.46. The molecule has 1 aliphatic heterocycles. The van der Waals surface area contributed by atoms with Crippen LogP contribution in [0.25, 0.3) is 0 Å². The van der Waals surface area contributed by atoms with Crippen molar-refractivity contribution in [1.82, 2.24) is 14.7 Å². The van der Waals surface area contributed by atoms with Gasteiger partial charge in [0.1, 0.15) is 5.82 Å². The second kappa shape index (κ2) is 6.54. The van der Waals surface area contributed by atoms with Gasteiger partial charge in [0.05, 0.1) is 23.3 Å². The number of carbonyl (C=O) groups is 1. The average Bonchev–Trinajstić information content (AvgIpc) is 3.28. The van der Waals surface area contributed by atoms with Gasteiger partial charge in [0.25, 0.3) is 0 Å². The molecule has 0 unspecified atom stereocenters. The first-order chi connectivity index (χ1) is 12.1. The number of hydrogen-bond donors (Lipinski definition) is 0. The fraction of sp³-hybridized carbons (Fsp3) is 0.263. The Balaban J connectivity index is 1.45. The molecule has 4 rings (SSSR count). The van der Waals surface area contributed by atoms with Crippen LogP contribution in [0.4, 0.5) is 4.39 Å². The third-order valence-corrected chi connectivity index (χ3v) is 5.53. The average molecular weight is 355 g/mol. The van der Waals surface area contributed by atoms with Crippen molar-refractivity contribution >= 4 is 17.1 Å². The topological polar surface area (TPSA) is 38.1 Å². The van der Waals surface area contributed by atoms with E-state index in [1.165, 1.54) is 40.3 Å². The van der Waals surface area contributed by atoms with Crippen LogP contribution in [0.3, 0.4) is 0 Å². The van der Waals surface area contributed by atoms with Crippen LogP contribution >= 0.6 is 11.3 Å². The van der Waals surface area contributed by atoms with Crippen molar-refractivity contribution in [3.63, 3.8) is 0 Å². The maximum atomic E-state index is 13.0. The summed E-state index contributed by atoms with van der Waals surface area (Å²) in [5.74, 6) is -0.0998. The van der Waals surface area contributed by atoms with Gasteiger partial charge < -0.3 is 0 Å². The summed E-state index contributed by atoms with van der Waals surface area (Å²) in [5.41, 5.74) is 4.67. The lowest BCUT2D eigenvalue weighted by molar-refractivity contribution is 0.102. The van der Waals surface area contributed by atoms with Gasteiger partial charge in [-0.2, -0.15) is 5.10 Å². The van der Waals surface area contributed by atoms with Crippen LogP contribution in [0.15, 0.2) is 41.9 Å². The van der Waals surface area contributed by atoms with E-state index in [4.69, 9.17) is 0 Å². The van der Waals surface area contributed by atoms with Crippen molar-refractivity contribution in [3.05, 3.63) is 75.0 Å². The summed E-state index contributed by atoms with van der Waals surface area (Å²) in [7, 11) is 0. The van der Waals surface area contributed by atoms with E-state index in [9.17, 15) is 9.18 Å². The highest BCUT2D eigenvalue weighted by molar-refractivity contribution is 7.12. The van der Waals surface area contributed by atoms with E-state index in [1.54, 1.807) is 19.1 Å². The number of rotatable bonds is 5. The second-order valence-corrected chi connectivity index (χ2v) is 7.33. The molecular formula is C19H18FN3OS. The van der Waals surface area contributed by atoms with Gasteiger partial charge in [0, 0.05) is 25.2 Å². The molecule has 0 N–H and O–H groups in total. The zero-order valence-electron chi connectivity index (χ0n) is 13.9. The Labute approximate surface area is 149 Å². The van der Waals surface area contributed by atoms with Gasteiger partial charge in [-0.3, -0.25) is 14.4 Å². The Morgan fingerprint density at radius 3 is 2.72 bits per heavy atom. The molecule has 0 bridgehead atoms. The Bertz CT molecular complexity index is 913. The SMILES string of the molecule is CC(=O)c1cc(CN2Cc3cnn(Cc4ccc(F)cc4)c3C2)cs1. The van der Waals surface area contributed by atoms with Gasteiger partial charge in [0.15, 0.2) is 5.78 Å². The van der Waals surface area contributed by atoms with Crippen molar-refractivity contribution < 1.29 is 9.18 Å². The predicted octanol–water partition coefficient (Wildman–Crippen LogP) is 3.85. The van der Waals surface area contributed by atoms with Crippen LogP contribution < -0.4 is 0 Å². The van der Waals surface area contributed by atoms with Crippen molar-refractivity contribution in [2.24, 2.45) is 0 Å². The summed E-state index contributed by atoms with van der Waals surface area (Å²) in [6.07, 6.45) is 1.92. The number of thiophene rings is 1. The Kier molecular flexibility index (Phi) is 4.23. The van der Waals surface area contributed by atoms with E-state index < -0.39 is 0 Å². The number of hydrogen-bond acceptors (Lipinski definition) is 4. The molecule has 3 aromatic rings. The number of fused-ring (bicyclic) bond motifs is 1. The van der Waals surface area contributed by atoms with Gasteiger partial charge in [-0.25, -0.2) is 4.39 Å². The molecule has 0 aliphatic carbocycles. The third kappa shape index (κ3) is 3.41. The number of nitrogens with zero attached hydrogens (tertiary/aromatic N) is 3. The predicted molar refractivity (Wildman–Crippen MR) is 95.0 cm³/mol. The molecule has 0 saturated carbocycles. The molecule has 1 aromatic carbocycles. The minimum absolute atomic E-state index is 0.121. The maximum absolute atomic E-state index is 13.0. The first-order valence-corrected chi connectivity index (χ1v) is 9.05. The molecular weight excluding hydrogens is 337 g/mol. The number of aromatic nitrogens is 2. The van der Waals surface area contributed by atoms with Crippen molar-refractivity contribution in [2.45, 2.75) is 33.1 Å². The molecule has 2 aromatic heterocycles. The monoisotopic (exact) mass is 355 g/mol. The number of halogens is 1. The molecule has 6 heteroatoms. The molecule has 0 fully saturated rings. The van der Waals surface area contributed by atoms with Gasteiger partial charge in [-0.15, -0.1) is 11.3 Å². The van der Waals surface area contributed by atoms with E-state index in [2.05, 4.69) is 15.4 Å². The first kappa shape index (κ1) is 16.2. The van der Waals surface area contributed by atoms with Crippen molar-refractivity contribution in [1.29, 1.82) is 0 Å². The van der Waals surface area contributed by atoms with Crippen LogP contribution in [0.5, 0.6) is 0 Å². The fourth-order valence-electron chi connectivity index (χ4n) is 3.19. The fourth-order valence-corrected chi connectivity index (χ4v) is 3.99. The van der Waals surface area contributed by atoms with Crippen molar-refractivity contribution in [3.8, 4) is 0 Å². The number of ketones is 1. The minimum atomic E-state index is -0.221. The highest BCUT2D eigenvalue weighted by atomic mass is 32.1. The summed E-state index contributed by atoms with van der Waals surface area (Å²) in [5, 5.41) is 6.54. The van der Waals surface area contributed by atoms with Gasteiger partial charge >= 0.3 is 0 Å². The lowest BCUT2D eigenvalue weighted by Crippen LogP contribution is -2.17. The molecule has 0 atom stereocenters. The lowest BCUT2D eigenvalue weighted by atomic mass is 10.2. The van der Waals surface area contributed by atoms with E-state index >= 15 is 0 Å². The van der Waals surface area contributed by atoms with Gasteiger partial charge in [-0.05, 0) is 41.6 Å². The van der Waals surface area contributed by atoms with E-state index in [0.717, 1.165) is 30.1 Å². The molecule has 0 amide bonds. The molecule has 0 spiro atoms. The van der Waals surface area contributed by atoms with Gasteiger partial charge in [-0.1, -0.05) is 12.1 Å². The molecule has 128 valence electrons. The highest BCUT2D eigenvalue weighted by Gasteiger charge is 2.24. The van der Waals surface area contributed by atoms with E-state index in [0.29, 0.717) is 6.54 Å². The summed E-state index contributed by atoms with van der Waals surface area (Å²) in [6.45, 7) is 4.78. The molecule has 1 aliphatic rings. The Morgan fingerprint density at radius 1 is 1.20 bits per heavy atom. The summed E-state index contributed by atoms with van der Waals surface area (Å²) in [6, 6.07) is 8.54. The summed E-state index contributed by atoms with van der Waals surface area (Å²) < 4.78 is 15.0. The Hall–Kier alpha value is -2.31. The molecule has 4 nitrogen and oxygen atoms in total. The minimum Gasteiger partial charge on any atom is -0.294 e. The largest absolute Gasteiger partial charge is 0.294 e. The second-order valence-electron chi connectivity index (χ2n) is 6.42. The summed E-state index contributed by atoms with van der Waals surface area (Å²) in [4.78, 5) is 14.6. The quantitative estimate of drug-likeness (QED) is 0.653. The first-order valence-electron chi connectivity index (χ1n) is 8.17. The van der Waals surface area contributed by atoms with Crippen LogP contribution in [-0.2, 0) is 26.2 Å². The van der Waals surface area contributed by atoms with Crippen LogP contribution in [-0.4, -0.2) is 20.5 Å². The van der Waals surface area contributed by atoms with Crippen LogP contribution in [0, 0.1) is 5.82 Å². The van der Waals surface area contributed by atoms with E-state index in [-0.39, 0.29) is 11.6 Å². The molecule has 25 heavy (non-hydrogen) atoms. The standard InChI is InChI=1S/C19H18FN3OS/c1-13(24)19-6-15(12-25-19)8-22-10-16-7-21-23(18(16)11-22)9-14-2-4-17(20)5-3-14/h2-7,12H,8-11H2,1H3. The number of carbonyl (C=O) groups excluding carboxylic acids is 1. The number of Topliss-reactive ketones (excluding diaryl/α,β-unsaturated/α-hetero) is 1. The zero-order chi connectivity index (χ0) is 17.4. The van der Waals surface area contributed by atoms with Crippen LogP contribution in [0.2, 0.25) is 0 Å². The van der Waals surface area contributed by atoms with E-state index in [1.807, 2.05) is 16.9 Å².